The van der Waals surface area contributed by atoms with Gasteiger partial charge in [0, 0.05) is 4.91 Å². The van der Waals surface area contributed by atoms with Crippen molar-refractivity contribution < 1.29 is 4.53 Å². The molecular weight excluding hydrogens is 477 g/mol. The number of oxime groups is 1. The third-order valence-corrected chi connectivity index (χ3v) is 11.0. The summed E-state index contributed by atoms with van der Waals surface area (Å²) in [5.41, 5.74) is 2.66. The maximum absolute atomic E-state index is 9.94. The Hall–Kier alpha value is -4.11. The summed E-state index contributed by atoms with van der Waals surface area (Å²) in [6.45, 7) is 2.02. The second-order valence-corrected chi connectivity index (χ2v) is 12.7. The Morgan fingerprint density at radius 2 is 1.22 bits per heavy atom. The van der Waals surface area contributed by atoms with E-state index in [0.29, 0.717) is 5.57 Å². The van der Waals surface area contributed by atoms with E-state index in [4.69, 9.17) is 9.68 Å². The first-order valence-electron chi connectivity index (χ1n) is 11.7. The number of thioether (sulfide) groups is 1. The Balaban J connectivity index is 1.58. The highest BCUT2D eigenvalue weighted by Gasteiger charge is 2.45. The van der Waals surface area contributed by atoms with E-state index >= 15 is 0 Å². The summed E-state index contributed by atoms with van der Waals surface area (Å²) in [7, 11) is -2.94. The monoisotopic (exact) mass is 500 g/mol. The third kappa shape index (κ3) is 4.57. The van der Waals surface area contributed by atoms with E-state index in [1.807, 2.05) is 97.9 Å². The van der Waals surface area contributed by atoms with Crippen molar-refractivity contribution in [2.45, 2.75) is 6.92 Å². The molecule has 1 heterocycles. The SMILES string of the molecule is Cc1ccccc1C(C#N)=C1C=CC(=NO[Si](c2ccccc2)(c2ccccc2)c2ccccc2)S1. The van der Waals surface area contributed by atoms with Crippen molar-refractivity contribution in [3.8, 4) is 6.07 Å². The molecule has 36 heavy (non-hydrogen) atoms. The summed E-state index contributed by atoms with van der Waals surface area (Å²) < 4.78 is 6.71. The van der Waals surface area contributed by atoms with E-state index in [1.165, 1.54) is 11.8 Å². The minimum atomic E-state index is -2.94. The molecule has 0 fully saturated rings. The molecule has 0 amide bonds. The smallest absolute Gasteiger partial charge is 0.380 e. The predicted octanol–water partition coefficient (Wildman–Crippen LogP) is 5.53. The number of hydrogen-bond donors (Lipinski definition) is 0. The van der Waals surface area contributed by atoms with Crippen LogP contribution in [0.15, 0.2) is 137 Å². The average Bonchev–Trinajstić information content (AvgIpc) is 3.41. The highest BCUT2D eigenvalue weighted by atomic mass is 32.2. The summed E-state index contributed by atoms with van der Waals surface area (Å²) >= 11 is 1.47. The summed E-state index contributed by atoms with van der Waals surface area (Å²) in [5, 5.41) is 18.7. The first kappa shape index (κ1) is 23.6. The Labute approximate surface area is 217 Å². The Morgan fingerprint density at radius 3 is 1.72 bits per heavy atom. The highest BCUT2D eigenvalue weighted by Crippen LogP contribution is 2.35. The van der Waals surface area contributed by atoms with Gasteiger partial charge in [-0.05, 0) is 45.8 Å². The van der Waals surface area contributed by atoms with E-state index in [-0.39, 0.29) is 0 Å². The fourth-order valence-corrected chi connectivity index (χ4v) is 8.84. The first-order valence-corrected chi connectivity index (χ1v) is 14.4. The molecule has 0 aromatic heterocycles. The minimum Gasteiger partial charge on any atom is -0.437 e. The molecule has 0 bridgehead atoms. The fourth-order valence-electron chi connectivity index (χ4n) is 4.40. The molecule has 3 nitrogen and oxygen atoms in total. The van der Waals surface area contributed by atoms with Crippen molar-refractivity contribution in [2.75, 3.05) is 0 Å². The Morgan fingerprint density at radius 1 is 0.722 bits per heavy atom. The third-order valence-electron chi connectivity index (χ3n) is 6.18. The van der Waals surface area contributed by atoms with E-state index in [0.717, 1.165) is 36.6 Å². The number of hydrogen-bond acceptors (Lipinski definition) is 4. The van der Waals surface area contributed by atoms with E-state index in [2.05, 4.69) is 42.5 Å². The Bertz CT molecular complexity index is 1390. The molecule has 0 radical (unpaired) electrons. The first-order chi connectivity index (χ1) is 17.7. The molecule has 4 aromatic rings. The molecule has 0 atom stereocenters. The van der Waals surface area contributed by atoms with Crippen LogP contribution in [0.3, 0.4) is 0 Å². The van der Waals surface area contributed by atoms with Crippen LogP contribution in [0.2, 0.25) is 0 Å². The maximum atomic E-state index is 9.94. The molecule has 0 unspecified atom stereocenters. The van der Waals surface area contributed by atoms with Crippen LogP contribution in [0, 0.1) is 18.3 Å². The van der Waals surface area contributed by atoms with Crippen LogP contribution in [0.25, 0.3) is 5.57 Å². The lowest BCUT2D eigenvalue weighted by molar-refractivity contribution is 0.351. The van der Waals surface area contributed by atoms with Crippen LogP contribution < -0.4 is 15.6 Å². The van der Waals surface area contributed by atoms with Gasteiger partial charge >= 0.3 is 8.32 Å². The number of benzene rings is 4. The van der Waals surface area contributed by atoms with E-state index in [1.54, 1.807) is 0 Å². The van der Waals surface area contributed by atoms with Gasteiger partial charge in [0.1, 0.15) is 11.1 Å². The van der Waals surface area contributed by atoms with Crippen molar-refractivity contribution in [1.29, 1.82) is 5.26 Å². The molecule has 0 saturated carbocycles. The highest BCUT2D eigenvalue weighted by molar-refractivity contribution is 8.18. The summed E-state index contributed by atoms with van der Waals surface area (Å²) in [5.74, 6) is 0. The number of aryl methyl sites for hydroxylation is 1. The zero-order chi connectivity index (χ0) is 24.8. The zero-order valence-electron chi connectivity index (χ0n) is 19.8. The van der Waals surface area contributed by atoms with Crippen molar-refractivity contribution >= 4 is 46.3 Å². The molecule has 174 valence electrons. The minimum absolute atomic E-state index is 0.650. The van der Waals surface area contributed by atoms with Crippen molar-refractivity contribution in [1.82, 2.24) is 0 Å². The van der Waals surface area contributed by atoms with Crippen LogP contribution in [-0.2, 0) is 4.53 Å². The number of allylic oxidation sites excluding steroid dienone is 2. The molecule has 1 aliphatic heterocycles. The molecule has 5 rings (SSSR count). The second-order valence-electron chi connectivity index (χ2n) is 8.40. The van der Waals surface area contributed by atoms with Gasteiger partial charge in [0.2, 0.25) is 0 Å². The van der Waals surface area contributed by atoms with Gasteiger partial charge in [-0.3, -0.25) is 0 Å². The molecule has 4 aromatic carbocycles. The van der Waals surface area contributed by atoms with Gasteiger partial charge < -0.3 is 4.53 Å². The Kier molecular flexibility index (Phi) is 6.99. The van der Waals surface area contributed by atoms with Crippen LogP contribution in [-0.4, -0.2) is 13.4 Å². The number of nitriles is 1. The second kappa shape index (κ2) is 10.7. The topological polar surface area (TPSA) is 45.4 Å². The van der Waals surface area contributed by atoms with Gasteiger partial charge in [-0.15, -0.1) is 0 Å². The number of nitrogens with zero attached hydrogens (tertiary/aromatic N) is 2. The zero-order valence-corrected chi connectivity index (χ0v) is 21.7. The van der Waals surface area contributed by atoms with Crippen molar-refractivity contribution in [3.63, 3.8) is 0 Å². The average molecular weight is 501 g/mol. The molecule has 1 aliphatic rings. The molecule has 0 spiro atoms. The van der Waals surface area contributed by atoms with Gasteiger partial charge in [0.25, 0.3) is 0 Å². The van der Waals surface area contributed by atoms with Crippen LogP contribution >= 0.6 is 11.8 Å². The van der Waals surface area contributed by atoms with E-state index < -0.39 is 8.32 Å². The molecule has 0 saturated heterocycles. The molecule has 0 aliphatic carbocycles. The standard InChI is InChI=1S/C31H24N2OSSi/c1-24-13-11-12-20-28(24)29(23-32)30-21-22-31(35-30)33-34-36(25-14-5-2-6-15-25,26-16-7-3-8-17-26)27-18-9-4-10-19-27/h2-22H,1H3. The molecule has 5 heteroatoms. The summed E-state index contributed by atoms with van der Waals surface area (Å²) in [4.78, 5) is 0.876. The van der Waals surface area contributed by atoms with Gasteiger partial charge in [-0.25, -0.2) is 0 Å². The van der Waals surface area contributed by atoms with Crippen molar-refractivity contribution in [2.24, 2.45) is 5.16 Å². The lowest BCUT2D eigenvalue weighted by atomic mass is 10.0. The predicted molar refractivity (Wildman–Crippen MR) is 153 cm³/mol. The van der Waals surface area contributed by atoms with Crippen LogP contribution in [0.1, 0.15) is 11.1 Å². The van der Waals surface area contributed by atoms with Gasteiger partial charge in [0.15, 0.2) is 0 Å². The molecule has 0 N–H and O–H groups in total. The lowest BCUT2D eigenvalue weighted by Crippen LogP contribution is -2.68. The van der Waals surface area contributed by atoms with Gasteiger partial charge in [-0.2, -0.15) is 5.26 Å². The van der Waals surface area contributed by atoms with E-state index in [9.17, 15) is 5.26 Å². The fraction of sp³-hybridized carbons (Fsp3) is 0.0323. The quantitative estimate of drug-likeness (QED) is 0.151. The molecular formula is C31H24N2OSSi. The van der Waals surface area contributed by atoms with Crippen LogP contribution in [0.4, 0.5) is 0 Å². The normalized spacial score (nSPS) is 15.5. The summed E-state index contributed by atoms with van der Waals surface area (Å²) in [6.07, 6.45) is 3.88. The van der Waals surface area contributed by atoms with Crippen LogP contribution in [0.5, 0.6) is 0 Å². The van der Waals surface area contributed by atoms with Gasteiger partial charge in [0.05, 0.1) is 5.57 Å². The summed E-state index contributed by atoms with van der Waals surface area (Å²) in [6, 6.07) is 41.4. The van der Waals surface area contributed by atoms with Gasteiger partial charge in [-0.1, -0.05) is 132 Å². The lowest BCUT2D eigenvalue weighted by Gasteiger charge is -2.30. The van der Waals surface area contributed by atoms with Crippen molar-refractivity contribution in [3.05, 3.63) is 143 Å². The maximum Gasteiger partial charge on any atom is 0.380 e. The largest absolute Gasteiger partial charge is 0.437 e. The number of rotatable bonds is 6.